The summed E-state index contributed by atoms with van der Waals surface area (Å²) in [5.41, 5.74) is 2.94. The second-order valence-electron chi connectivity index (χ2n) is 6.47. The van der Waals surface area contributed by atoms with Crippen molar-refractivity contribution in [2.24, 2.45) is 0 Å². The zero-order valence-electron chi connectivity index (χ0n) is 14.3. The van der Waals surface area contributed by atoms with Gasteiger partial charge < -0.3 is 15.3 Å². The predicted octanol–water partition coefficient (Wildman–Crippen LogP) is 2.27. The number of nitrogens with zero attached hydrogens (tertiary/aromatic N) is 1. The van der Waals surface area contributed by atoms with E-state index in [1.165, 1.54) is 6.07 Å². The van der Waals surface area contributed by atoms with Crippen LogP contribution < -0.4 is 5.32 Å². The molecule has 2 aromatic rings. The molecule has 1 aliphatic rings. The summed E-state index contributed by atoms with van der Waals surface area (Å²) < 4.78 is 13.6. The maximum absolute atomic E-state index is 13.6. The highest BCUT2D eigenvalue weighted by molar-refractivity contribution is 5.79. The van der Waals surface area contributed by atoms with Gasteiger partial charge >= 0.3 is 0 Å². The first-order valence-corrected chi connectivity index (χ1v) is 8.58. The molecule has 1 aliphatic heterocycles. The Balaban J connectivity index is 1.89. The van der Waals surface area contributed by atoms with Crippen LogP contribution in [0.1, 0.15) is 29.7 Å². The fourth-order valence-electron chi connectivity index (χ4n) is 3.35. The van der Waals surface area contributed by atoms with Crippen molar-refractivity contribution in [3.63, 3.8) is 0 Å². The van der Waals surface area contributed by atoms with Gasteiger partial charge in [-0.05, 0) is 42.2 Å². The lowest BCUT2D eigenvalue weighted by molar-refractivity contribution is -0.132. The summed E-state index contributed by atoms with van der Waals surface area (Å²) in [7, 11) is 0. The van der Waals surface area contributed by atoms with Crippen molar-refractivity contribution >= 4 is 5.91 Å². The summed E-state index contributed by atoms with van der Waals surface area (Å²) >= 11 is 0. The molecule has 2 unspecified atom stereocenters. The molecular formula is C20H23FN2O2. The molecule has 0 spiro atoms. The number of nitrogens with one attached hydrogen (secondary N) is 1. The number of rotatable bonds is 5. The Kier molecular flexibility index (Phi) is 5.46. The van der Waals surface area contributed by atoms with E-state index in [1.807, 2.05) is 35.2 Å². The van der Waals surface area contributed by atoms with Crippen LogP contribution in [-0.2, 0) is 11.2 Å². The van der Waals surface area contributed by atoms with E-state index in [-0.39, 0.29) is 24.3 Å². The molecule has 0 aliphatic carbocycles. The van der Waals surface area contributed by atoms with Gasteiger partial charge in [-0.25, -0.2) is 4.39 Å². The zero-order chi connectivity index (χ0) is 17.8. The third-order valence-corrected chi connectivity index (χ3v) is 4.48. The molecule has 4 nitrogen and oxygen atoms in total. The van der Waals surface area contributed by atoms with Crippen LogP contribution in [0.3, 0.4) is 0 Å². The van der Waals surface area contributed by atoms with Crippen LogP contribution in [0.4, 0.5) is 4.39 Å². The number of hydrogen-bond acceptors (Lipinski definition) is 3. The lowest BCUT2D eigenvalue weighted by Gasteiger charge is -2.38. The van der Waals surface area contributed by atoms with Crippen LogP contribution in [0, 0.1) is 5.82 Å². The monoisotopic (exact) mass is 342 g/mol. The Bertz CT molecular complexity index is 734. The Hall–Kier alpha value is -2.24. The van der Waals surface area contributed by atoms with E-state index in [2.05, 4.69) is 5.32 Å². The Morgan fingerprint density at radius 2 is 2.08 bits per heavy atom. The van der Waals surface area contributed by atoms with Crippen molar-refractivity contribution < 1.29 is 14.3 Å². The Labute approximate surface area is 147 Å². The van der Waals surface area contributed by atoms with Crippen molar-refractivity contribution in [3.05, 3.63) is 71.0 Å². The molecule has 0 fully saturated rings. The second-order valence-corrected chi connectivity index (χ2v) is 6.47. The van der Waals surface area contributed by atoms with Crippen LogP contribution in [0.2, 0.25) is 0 Å². The van der Waals surface area contributed by atoms with E-state index in [4.69, 9.17) is 0 Å². The van der Waals surface area contributed by atoms with Gasteiger partial charge in [0.15, 0.2) is 0 Å². The summed E-state index contributed by atoms with van der Waals surface area (Å²) in [4.78, 5) is 14.6. The topological polar surface area (TPSA) is 52.6 Å². The Morgan fingerprint density at radius 3 is 2.80 bits per heavy atom. The fraction of sp³-hybridized carbons (Fsp3) is 0.350. The highest BCUT2D eigenvalue weighted by Gasteiger charge is 2.31. The largest absolute Gasteiger partial charge is 0.392 e. The quantitative estimate of drug-likeness (QED) is 0.876. The van der Waals surface area contributed by atoms with E-state index >= 15 is 0 Å². The average Bonchev–Trinajstić information content (AvgIpc) is 2.60. The minimum absolute atomic E-state index is 0.0236. The molecule has 0 saturated carbocycles. The molecule has 2 aromatic carbocycles. The maximum atomic E-state index is 13.6. The van der Waals surface area contributed by atoms with Crippen LogP contribution in [0.15, 0.2) is 48.5 Å². The van der Waals surface area contributed by atoms with E-state index in [0.29, 0.717) is 19.5 Å². The standard InChI is InChI=1S/C20H23FN2O2/c1-14(24)12-22-13-19(25)23-10-9-16-11-17(21)7-8-18(16)20(23)15-5-3-2-4-6-15/h2-8,11,14,20,22,24H,9-10,12-13H2,1H3. The SMILES string of the molecule is CC(O)CNCC(=O)N1CCc2cc(F)ccc2C1c1ccccc1. The maximum Gasteiger partial charge on any atom is 0.237 e. The molecule has 5 heteroatoms. The number of halogens is 1. The van der Waals surface area contributed by atoms with Crippen molar-refractivity contribution in [1.82, 2.24) is 10.2 Å². The molecule has 132 valence electrons. The highest BCUT2D eigenvalue weighted by Crippen LogP contribution is 2.35. The van der Waals surface area contributed by atoms with Crippen LogP contribution >= 0.6 is 0 Å². The van der Waals surface area contributed by atoms with Gasteiger partial charge in [0, 0.05) is 13.1 Å². The van der Waals surface area contributed by atoms with Gasteiger partial charge in [0.05, 0.1) is 18.7 Å². The molecule has 0 radical (unpaired) electrons. The smallest absolute Gasteiger partial charge is 0.237 e. The molecule has 0 aromatic heterocycles. The zero-order valence-corrected chi connectivity index (χ0v) is 14.3. The minimum atomic E-state index is -0.497. The lowest BCUT2D eigenvalue weighted by Crippen LogP contribution is -2.45. The van der Waals surface area contributed by atoms with Gasteiger partial charge in [-0.1, -0.05) is 36.4 Å². The molecule has 2 N–H and O–H groups in total. The average molecular weight is 342 g/mol. The molecule has 0 bridgehead atoms. The van der Waals surface area contributed by atoms with Crippen molar-refractivity contribution in [2.75, 3.05) is 19.6 Å². The predicted molar refractivity (Wildman–Crippen MR) is 94.7 cm³/mol. The van der Waals surface area contributed by atoms with Gasteiger partial charge in [0.25, 0.3) is 0 Å². The number of amides is 1. The fourth-order valence-corrected chi connectivity index (χ4v) is 3.35. The number of fused-ring (bicyclic) bond motifs is 1. The van der Waals surface area contributed by atoms with Gasteiger partial charge in [-0.3, -0.25) is 4.79 Å². The third-order valence-electron chi connectivity index (χ3n) is 4.48. The van der Waals surface area contributed by atoms with E-state index in [0.717, 1.165) is 16.7 Å². The van der Waals surface area contributed by atoms with Crippen LogP contribution in [0.5, 0.6) is 0 Å². The summed E-state index contributed by atoms with van der Waals surface area (Å²) in [6.45, 7) is 2.77. The van der Waals surface area contributed by atoms with Gasteiger partial charge in [0.2, 0.25) is 5.91 Å². The first kappa shape index (κ1) is 17.6. The van der Waals surface area contributed by atoms with Gasteiger partial charge in [0.1, 0.15) is 5.82 Å². The summed E-state index contributed by atoms with van der Waals surface area (Å²) in [5.74, 6) is -0.270. The number of carbonyl (C=O) groups excluding carboxylic acids is 1. The van der Waals surface area contributed by atoms with Crippen LogP contribution in [-0.4, -0.2) is 41.7 Å². The van der Waals surface area contributed by atoms with Gasteiger partial charge in [-0.15, -0.1) is 0 Å². The molecule has 2 atom stereocenters. The van der Waals surface area contributed by atoms with Crippen molar-refractivity contribution in [3.8, 4) is 0 Å². The molecule has 3 rings (SSSR count). The molecule has 25 heavy (non-hydrogen) atoms. The lowest BCUT2D eigenvalue weighted by atomic mass is 9.88. The normalized spacial score (nSPS) is 17.9. The molecule has 1 heterocycles. The van der Waals surface area contributed by atoms with E-state index in [9.17, 15) is 14.3 Å². The van der Waals surface area contributed by atoms with Gasteiger partial charge in [-0.2, -0.15) is 0 Å². The number of hydrogen-bond donors (Lipinski definition) is 2. The molecule has 0 saturated heterocycles. The molecular weight excluding hydrogens is 319 g/mol. The number of benzene rings is 2. The van der Waals surface area contributed by atoms with E-state index in [1.54, 1.807) is 19.1 Å². The summed E-state index contributed by atoms with van der Waals surface area (Å²) in [6, 6.07) is 14.4. The summed E-state index contributed by atoms with van der Waals surface area (Å²) in [6.07, 6.45) is 0.140. The third kappa shape index (κ3) is 4.06. The Morgan fingerprint density at radius 1 is 1.32 bits per heavy atom. The first-order valence-electron chi connectivity index (χ1n) is 8.58. The van der Waals surface area contributed by atoms with Crippen molar-refractivity contribution in [2.45, 2.75) is 25.5 Å². The van der Waals surface area contributed by atoms with E-state index < -0.39 is 6.10 Å². The number of carbonyl (C=O) groups is 1. The second kappa shape index (κ2) is 7.76. The number of aliphatic hydroxyl groups excluding tert-OH is 1. The molecule has 1 amide bonds. The minimum Gasteiger partial charge on any atom is -0.392 e. The number of aliphatic hydroxyl groups is 1. The summed E-state index contributed by atoms with van der Waals surface area (Å²) in [5, 5.41) is 12.3. The highest BCUT2D eigenvalue weighted by atomic mass is 19.1. The first-order chi connectivity index (χ1) is 12.1. The van der Waals surface area contributed by atoms with Crippen LogP contribution in [0.25, 0.3) is 0 Å². The van der Waals surface area contributed by atoms with Crippen molar-refractivity contribution in [1.29, 1.82) is 0 Å².